The Morgan fingerprint density at radius 1 is 0.935 bits per heavy atom. The number of nitrogens with zero attached hydrogens (tertiary/aromatic N) is 2. The average Bonchev–Trinajstić information content (AvgIpc) is 2.76. The van der Waals surface area contributed by atoms with Crippen LogP contribution in [0.2, 0.25) is 10.0 Å². The van der Waals surface area contributed by atoms with Gasteiger partial charge < -0.3 is 19.7 Å². The minimum atomic E-state index is -0.172. The Hall–Kier alpha value is -2.48. The van der Waals surface area contributed by atoms with Gasteiger partial charge >= 0.3 is 0 Å². The lowest BCUT2D eigenvalue weighted by atomic mass is 10.1. The molecule has 1 fully saturated rings. The number of anilines is 1. The van der Waals surface area contributed by atoms with Crippen molar-refractivity contribution in [2.24, 2.45) is 0 Å². The minimum Gasteiger partial charge on any atom is -0.486 e. The highest BCUT2D eigenvalue weighted by Gasteiger charge is 2.23. The fraction of sp³-hybridized carbons (Fsp3) is 0.364. The second kappa shape index (κ2) is 9.77. The fourth-order valence-corrected chi connectivity index (χ4v) is 4.03. The lowest BCUT2D eigenvalue weighted by Crippen LogP contribution is -2.50. The number of nitrogens with one attached hydrogen (secondary N) is 1. The number of carbonyl (C=O) groups is 2. The average molecular weight is 464 g/mol. The molecule has 0 spiro atoms. The summed E-state index contributed by atoms with van der Waals surface area (Å²) in [5, 5.41) is 3.83. The van der Waals surface area contributed by atoms with Gasteiger partial charge in [0.05, 0.1) is 23.7 Å². The molecule has 0 bridgehead atoms. The number of hydrogen-bond donors (Lipinski definition) is 1. The van der Waals surface area contributed by atoms with E-state index in [0.717, 1.165) is 5.56 Å². The van der Waals surface area contributed by atoms with E-state index in [9.17, 15) is 9.59 Å². The van der Waals surface area contributed by atoms with Gasteiger partial charge in [-0.3, -0.25) is 14.5 Å². The van der Waals surface area contributed by atoms with E-state index in [0.29, 0.717) is 66.6 Å². The summed E-state index contributed by atoms with van der Waals surface area (Å²) in [4.78, 5) is 28.9. The van der Waals surface area contributed by atoms with Crippen molar-refractivity contribution in [2.75, 3.05) is 51.3 Å². The summed E-state index contributed by atoms with van der Waals surface area (Å²) in [6, 6.07) is 10.7. The summed E-state index contributed by atoms with van der Waals surface area (Å²) >= 11 is 12.4. The molecule has 0 aliphatic carbocycles. The molecule has 1 saturated heterocycles. The van der Waals surface area contributed by atoms with E-state index in [4.69, 9.17) is 32.7 Å². The van der Waals surface area contributed by atoms with Crippen molar-refractivity contribution in [3.63, 3.8) is 0 Å². The molecule has 2 heterocycles. The molecule has 7 nitrogen and oxygen atoms in total. The van der Waals surface area contributed by atoms with Crippen molar-refractivity contribution in [1.82, 2.24) is 9.80 Å². The van der Waals surface area contributed by atoms with Crippen LogP contribution in [0.25, 0.3) is 0 Å². The molecule has 2 aliphatic heterocycles. The topological polar surface area (TPSA) is 71.1 Å². The van der Waals surface area contributed by atoms with E-state index in [2.05, 4.69) is 5.32 Å². The van der Waals surface area contributed by atoms with Crippen LogP contribution in [-0.4, -0.2) is 67.6 Å². The van der Waals surface area contributed by atoms with Gasteiger partial charge in [0.15, 0.2) is 11.5 Å². The molecule has 31 heavy (non-hydrogen) atoms. The van der Waals surface area contributed by atoms with Crippen LogP contribution in [0.1, 0.15) is 5.56 Å². The van der Waals surface area contributed by atoms with Crippen molar-refractivity contribution in [3.8, 4) is 11.5 Å². The monoisotopic (exact) mass is 463 g/mol. The van der Waals surface area contributed by atoms with E-state index in [1.165, 1.54) is 0 Å². The first-order valence-electron chi connectivity index (χ1n) is 10.1. The maximum absolute atomic E-state index is 12.6. The molecule has 0 unspecified atom stereocenters. The van der Waals surface area contributed by atoms with Crippen LogP contribution >= 0.6 is 23.2 Å². The van der Waals surface area contributed by atoms with Crippen LogP contribution in [0.5, 0.6) is 11.5 Å². The largest absolute Gasteiger partial charge is 0.486 e. The number of carbonyl (C=O) groups excluding carboxylic acids is 2. The number of halogens is 2. The number of piperazine rings is 1. The van der Waals surface area contributed by atoms with Gasteiger partial charge in [0, 0.05) is 43.3 Å². The van der Waals surface area contributed by atoms with Crippen LogP contribution < -0.4 is 14.8 Å². The number of benzene rings is 2. The Morgan fingerprint density at radius 3 is 2.32 bits per heavy atom. The molecule has 2 aromatic rings. The van der Waals surface area contributed by atoms with Crippen LogP contribution in [0.4, 0.5) is 5.69 Å². The highest BCUT2D eigenvalue weighted by atomic mass is 35.5. The zero-order valence-electron chi connectivity index (χ0n) is 16.9. The Balaban J connectivity index is 1.27. The minimum absolute atomic E-state index is 0.0419. The molecule has 0 radical (unpaired) electrons. The fourth-order valence-electron chi connectivity index (χ4n) is 3.62. The maximum Gasteiger partial charge on any atom is 0.238 e. The van der Waals surface area contributed by atoms with E-state index in [-0.39, 0.29) is 24.8 Å². The van der Waals surface area contributed by atoms with Gasteiger partial charge in [0.1, 0.15) is 13.2 Å². The molecular weight excluding hydrogens is 441 g/mol. The Kier molecular flexibility index (Phi) is 6.85. The number of fused-ring (bicyclic) bond motifs is 1. The van der Waals surface area contributed by atoms with Crippen LogP contribution in [0.15, 0.2) is 36.4 Å². The lowest BCUT2D eigenvalue weighted by Gasteiger charge is -2.34. The SMILES string of the molecule is O=C(CN1CCN(C(=O)Cc2ccccc2Cl)CC1)Nc1cc2c(cc1Cl)OCCO2. The second-order valence-electron chi connectivity index (χ2n) is 7.45. The molecule has 2 amide bonds. The number of rotatable bonds is 5. The normalized spacial score (nSPS) is 16.1. The lowest BCUT2D eigenvalue weighted by molar-refractivity contribution is -0.132. The summed E-state index contributed by atoms with van der Waals surface area (Å²) < 4.78 is 11.0. The molecule has 164 valence electrons. The molecule has 0 atom stereocenters. The highest BCUT2D eigenvalue weighted by molar-refractivity contribution is 6.34. The first-order valence-corrected chi connectivity index (χ1v) is 10.9. The predicted molar refractivity (Wildman–Crippen MR) is 119 cm³/mol. The van der Waals surface area contributed by atoms with E-state index in [1.54, 1.807) is 18.2 Å². The zero-order chi connectivity index (χ0) is 21.8. The van der Waals surface area contributed by atoms with Crippen molar-refractivity contribution < 1.29 is 19.1 Å². The smallest absolute Gasteiger partial charge is 0.238 e. The molecule has 4 rings (SSSR count). The molecule has 2 aliphatic rings. The summed E-state index contributed by atoms with van der Waals surface area (Å²) in [5.41, 5.74) is 1.32. The Morgan fingerprint density at radius 2 is 1.61 bits per heavy atom. The summed E-state index contributed by atoms with van der Waals surface area (Å²) in [7, 11) is 0. The zero-order valence-corrected chi connectivity index (χ0v) is 18.4. The molecular formula is C22H23Cl2N3O4. The molecule has 1 N–H and O–H groups in total. The van der Waals surface area contributed by atoms with Crippen LogP contribution in [-0.2, 0) is 16.0 Å². The Bertz CT molecular complexity index is 977. The van der Waals surface area contributed by atoms with Crippen molar-refractivity contribution in [3.05, 3.63) is 52.0 Å². The number of amides is 2. The first-order chi connectivity index (χ1) is 15.0. The van der Waals surface area contributed by atoms with Crippen molar-refractivity contribution in [1.29, 1.82) is 0 Å². The summed E-state index contributed by atoms with van der Waals surface area (Å²) in [5.74, 6) is 1.01. The molecule has 9 heteroatoms. The number of hydrogen-bond acceptors (Lipinski definition) is 5. The first kappa shape index (κ1) is 21.7. The van der Waals surface area contributed by atoms with E-state index in [1.807, 2.05) is 28.0 Å². The second-order valence-corrected chi connectivity index (χ2v) is 8.26. The van der Waals surface area contributed by atoms with E-state index >= 15 is 0 Å². The van der Waals surface area contributed by atoms with Crippen LogP contribution in [0, 0.1) is 0 Å². The van der Waals surface area contributed by atoms with Crippen molar-refractivity contribution in [2.45, 2.75) is 6.42 Å². The van der Waals surface area contributed by atoms with Gasteiger partial charge in [0.2, 0.25) is 11.8 Å². The third kappa shape index (κ3) is 5.42. The third-order valence-electron chi connectivity index (χ3n) is 5.30. The van der Waals surface area contributed by atoms with Gasteiger partial charge in [-0.05, 0) is 11.6 Å². The standard InChI is InChI=1S/C22H23Cl2N3O4/c23-16-4-2-1-3-15(16)11-22(29)27-7-5-26(6-8-27)14-21(28)25-18-13-20-19(12-17(18)24)30-9-10-31-20/h1-4,12-13H,5-11,14H2,(H,25,28). The predicted octanol–water partition coefficient (Wildman–Crippen LogP) is 3.09. The van der Waals surface area contributed by atoms with E-state index < -0.39 is 0 Å². The van der Waals surface area contributed by atoms with Crippen molar-refractivity contribution >= 4 is 40.7 Å². The molecule has 0 aromatic heterocycles. The van der Waals surface area contributed by atoms with Crippen LogP contribution in [0.3, 0.4) is 0 Å². The van der Waals surface area contributed by atoms with Gasteiger partial charge in [-0.15, -0.1) is 0 Å². The van der Waals surface area contributed by atoms with Gasteiger partial charge in [-0.2, -0.15) is 0 Å². The van der Waals surface area contributed by atoms with Gasteiger partial charge in [-0.1, -0.05) is 41.4 Å². The summed E-state index contributed by atoms with van der Waals surface area (Å²) in [6.07, 6.45) is 0.281. The quantitative estimate of drug-likeness (QED) is 0.737. The summed E-state index contributed by atoms with van der Waals surface area (Å²) in [6.45, 7) is 3.54. The Labute approximate surface area is 190 Å². The molecule has 2 aromatic carbocycles. The molecule has 0 saturated carbocycles. The van der Waals surface area contributed by atoms with Gasteiger partial charge in [0.25, 0.3) is 0 Å². The number of ether oxygens (including phenoxy) is 2. The maximum atomic E-state index is 12.6. The highest BCUT2D eigenvalue weighted by Crippen LogP contribution is 2.37. The third-order valence-corrected chi connectivity index (χ3v) is 5.98. The van der Waals surface area contributed by atoms with Gasteiger partial charge in [-0.25, -0.2) is 0 Å².